The van der Waals surface area contributed by atoms with Gasteiger partial charge in [-0.05, 0) is 24.5 Å². The van der Waals surface area contributed by atoms with Crippen LogP contribution in [0.4, 0.5) is 0 Å². The average molecular weight is 352 g/mol. The molecule has 0 bridgehead atoms. The van der Waals surface area contributed by atoms with Crippen LogP contribution in [0.5, 0.6) is 5.75 Å². The second-order valence-electron chi connectivity index (χ2n) is 5.25. The van der Waals surface area contributed by atoms with Crippen LogP contribution in [0.25, 0.3) is 0 Å². The van der Waals surface area contributed by atoms with Crippen molar-refractivity contribution < 1.29 is 4.74 Å². The lowest BCUT2D eigenvalue weighted by Gasteiger charge is -2.35. The van der Waals surface area contributed by atoms with E-state index in [9.17, 15) is 0 Å². The van der Waals surface area contributed by atoms with Crippen molar-refractivity contribution in [3.05, 3.63) is 35.8 Å². The molecule has 1 fully saturated rings. The van der Waals surface area contributed by atoms with Gasteiger partial charge in [-0.2, -0.15) is 5.10 Å². The van der Waals surface area contributed by atoms with Crippen molar-refractivity contribution in [2.75, 3.05) is 32.8 Å². The maximum absolute atomic E-state index is 6.13. The van der Waals surface area contributed by atoms with E-state index in [4.69, 9.17) is 28.6 Å². The molecule has 1 saturated heterocycles. The molecule has 8 heteroatoms. The molecule has 1 aromatic rings. The lowest BCUT2D eigenvalue weighted by Crippen LogP contribution is -2.49. The smallest absolute Gasteiger partial charge is 0.189 e. The summed E-state index contributed by atoms with van der Waals surface area (Å²) < 4.78 is 5.57. The molecule has 3 rings (SSSR count). The van der Waals surface area contributed by atoms with Gasteiger partial charge in [0, 0.05) is 38.8 Å². The summed E-state index contributed by atoms with van der Waals surface area (Å²) in [5.74, 6) is 0.589. The Hall–Kier alpha value is -1.86. The molecule has 1 aromatic heterocycles. The van der Waals surface area contributed by atoms with E-state index in [1.54, 1.807) is 12.3 Å². The number of nitrogens with zero attached hydrogens (tertiary/aromatic N) is 4. The molecule has 0 spiro atoms. The molecule has 6 nitrogen and oxygen atoms in total. The largest absolute Gasteiger partial charge is 0.489 e. The Labute approximate surface area is 145 Å². The van der Waals surface area contributed by atoms with Gasteiger partial charge in [-0.3, -0.25) is 10.4 Å². The summed E-state index contributed by atoms with van der Waals surface area (Å²) in [6.45, 7) is 7.85. The second-order valence-corrected chi connectivity index (χ2v) is 6.04. The van der Waals surface area contributed by atoms with Gasteiger partial charge in [0.15, 0.2) is 10.9 Å². The average Bonchev–Trinajstić information content (AvgIpc) is 2.60. The molecule has 0 aliphatic carbocycles. The number of halogens is 1. The Balaban J connectivity index is 1.66. The Bertz CT molecular complexity index is 643. The normalized spacial score (nSPS) is 19.1. The number of thiocarbonyl (C=S) groups is 1. The van der Waals surface area contributed by atoms with Crippen LogP contribution in [-0.2, 0) is 0 Å². The molecule has 122 valence electrons. The van der Waals surface area contributed by atoms with Crippen molar-refractivity contribution in [2.24, 2.45) is 5.10 Å². The fourth-order valence-electron chi connectivity index (χ4n) is 2.54. The number of ether oxygens (including phenoxy) is 1. The molecule has 0 atom stereocenters. The van der Waals surface area contributed by atoms with E-state index < -0.39 is 0 Å². The summed E-state index contributed by atoms with van der Waals surface area (Å²) in [5.41, 5.74) is 4.46. The number of hydrogen-bond acceptors (Lipinski definition) is 5. The monoisotopic (exact) mass is 351 g/mol. The molecule has 0 aromatic carbocycles. The van der Waals surface area contributed by atoms with E-state index in [0.717, 1.165) is 31.9 Å². The lowest BCUT2D eigenvalue weighted by atomic mass is 10.1. The Morgan fingerprint density at radius 3 is 2.96 bits per heavy atom. The molecule has 23 heavy (non-hydrogen) atoms. The van der Waals surface area contributed by atoms with E-state index in [-0.39, 0.29) is 0 Å². The number of rotatable bonds is 2. The molecule has 0 saturated carbocycles. The number of piperazine rings is 1. The van der Waals surface area contributed by atoms with E-state index in [2.05, 4.69) is 31.9 Å². The van der Waals surface area contributed by atoms with Crippen molar-refractivity contribution in [1.82, 2.24) is 20.2 Å². The molecular weight excluding hydrogens is 334 g/mol. The SMILES string of the molecule is C=CN1CCN(C(=S)N/N=C2/CCOc3c(Cl)ccnc32)CC1. The molecule has 3 heterocycles. The van der Waals surface area contributed by atoms with Crippen LogP contribution in [0.1, 0.15) is 12.1 Å². The minimum absolute atomic E-state index is 0.531. The standard InChI is InChI=1S/C15H18ClN5OS/c1-2-20-6-8-21(9-7-20)15(23)19-18-12-4-10-22-14-11(16)3-5-17-13(12)14/h2-3,5H,1,4,6-10H2,(H,19,23)/b18-12-. The topological polar surface area (TPSA) is 53.0 Å². The summed E-state index contributed by atoms with van der Waals surface area (Å²) in [5, 5.41) is 5.60. The summed E-state index contributed by atoms with van der Waals surface area (Å²) in [6.07, 6.45) is 4.18. The minimum atomic E-state index is 0.531. The van der Waals surface area contributed by atoms with Crippen LogP contribution in [0.15, 0.2) is 30.1 Å². The predicted octanol–water partition coefficient (Wildman–Crippen LogP) is 1.86. The Morgan fingerprint density at radius 2 is 2.22 bits per heavy atom. The third-order valence-corrected chi connectivity index (χ3v) is 4.51. The highest BCUT2D eigenvalue weighted by Crippen LogP contribution is 2.30. The minimum Gasteiger partial charge on any atom is -0.489 e. The van der Waals surface area contributed by atoms with Crippen LogP contribution in [0.2, 0.25) is 5.02 Å². The zero-order valence-electron chi connectivity index (χ0n) is 12.7. The van der Waals surface area contributed by atoms with Gasteiger partial charge in [0.05, 0.1) is 17.3 Å². The first-order valence-corrected chi connectivity index (χ1v) is 8.23. The first-order valence-electron chi connectivity index (χ1n) is 7.45. The van der Waals surface area contributed by atoms with Gasteiger partial charge in [0.25, 0.3) is 0 Å². The molecular formula is C15H18ClN5OS. The number of pyridine rings is 1. The first kappa shape index (κ1) is 16.0. The van der Waals surface area contributed by atoms with Crippen molar-refractivity contribution in [3.8, 4) is 5.75 Å². The Kier molecular flexibility index (Phi) is 4.97. The number of hydrogen-bond donors (Lipinski definition) is 1. The number of nitrogens with one attached hydrogen (secondary N) is 1. The number of aromatic nitrogens is 1. The van der Waals surface area contributed by atoms with Crippen LogP contribution in [0, 0.1) is 0 Å². The lowest BCUT2D eigenvalue weighted by molar-refractivity contribution is 0.236. The van der Waals surface area contributed by atoms with E-state index in [1.165, 1.54) is 0 Å². The second kappa shape index (κ2) is 7.14. The van der Waals surface area contributed by atoms with Crippen LogP contribution in [0.3, 0.4) is 0 Å². The van der Waals surface area contributed by atoms with Crippen molar-refractivity contribution in [3.63, 3.8) is 0 Å². The van der Waals surface area contributed by atoms with Crippen molar-refractivity contribution in [2.45, 2.75) is 6.42 Å². The van der Waals surface area contributed by atoms with Crippen molar-refractivity contribution >= 4 is 34.6 Å². The van der Waals surface area contributed by atoms with Gasteiger partial charge in [0.2, 0.25) is 0 Å². The molecule has 2 aliphatic rings. The molecule has 0 radical (unpaired) electrons. The van der Waals surface area contributed by atoms with Gasteiger partial charge in [-0.25, -0.2) is 0 Å². The maximum Gasteiger partial charge on any atom is 0.189 e. The van der Waals surface area contributed by atoms with E-state index in [0.29, 0.717) is 34.6 Å². The van der Waals surface area contributed by atoms with E-state index in [1.807, 2.05) is 6.20 Å². The van der Waals surface area contributed by atoms with Crippen LogP contribution >= 0.6 is 23.8 Å². The summed E-state index contributed by atoms with van der Waals surface area (Å²) in [7, 11) is 0. The highest BCUT2D eigenvalue weighted by Gasteiger charge is 2.22. The zero-order valence-corrected chi connectivity index (χ0v) is 14.2. The first-order chi connectivity index (χ1) is 11.2. The number of hydrazone groups is 1. The predicted molar refractivity (Wildman–Crippen MR) is 95.0 cm³/mol. The van der Waals surface area contributed by atoms with Gasteiger partial charge >= 0.3 is 0 Å². The third kappa shape index (κ3) is 3.56. The fraction of sp³-hybridized carbons (Fsp3) is 0.400. The highest BCUT2D eigenvalue weighted by atomic mass is 35.5. The Morgan fingerprint density at radius 1 is 1.43 bits per heavy atom. The maximum atomic E-state index is 6.13. The van der Waals surface area contributed by atoms with Gasteiger partial charge in [0.1, 0.15) is 5.69 Å². The zero-order chi connectivity index (χ0) is 16.2. The molecule has 0 amide bonds. The van der Waals surface area contributed by atoms with Gasteiger partial charge < -0.3 is 14.5 Å². The summed E-state index contributed by atoms with van der Waals surface area (Å²) in [6, 6.07) is 1.71. The molecule has 2 aliphatic heterocycles. The van der Waals surface area contributed by atoms with Crippen molar-refractivity contribution in [1.29, 1.82) is 0 Å². The number of fused-ring (bicyclic) bond motifs is 1. The molecule has 0 unspecified atom stereocenters. The van der Waals surface area contributed by atoms with Crippen LogP contribution < -0.4 is 10.2 Å². The summed E-state index contributed by atoms with van der Waals surface area (Å²) in [4.78, 5) is 8.59. The summed E-state index contributed by atoms with van der Waals surface area (Å²) >= 11 is 11.6. The third-order valence-electron chi connectivity index (χ3n) is 3.86. The van der Waals surface area contributed by atoms with Gasteiger partial charge in [-0.1, -0.05) is 18.2 Å². The highest BCUT2D eigenvalue weighted by molar-refractivity contribution is 7.80. The quantitative estimate of drug-likeness (QED) is 0.648. The molecule has 1 N–H and O–H groups in total. The van der Waals surface area contributed by atoms with E-state index >= 15 is 0 Å². The van der Waals surface area contributed by atoms with Crippen LogP contribution in [-0.4, -0.2) is 58.4 Å². The van der Waals surface area contributed by atoms with Gasteiger partial charge in [-0.15, -0.1) is 0 Å². The fourth-order valence-corrected chi connectivity index (χ4v) is 2.97.